The van der Waals surface area contributed by atoms with E-state index in [1.807, 2.05) is 10.0 Å². The number of anilines is 1. The molecule has 0 aliphatic heterocycles. The number of carbonyl (C=O) groups excluding carboxylic acids is 2. The van der Waals surface area contributed by atoms with E-state index in [4.69, 9.17) is 10.2 Å². The fourth-order valence-corrected chi connectivity index (χ4v) is 3.95. The van der Waals surface area contributed by atoms with Gasteiger partial charge in [-0.2, -0.15) is 0 Å². The van der Waals surface area contributed by atoms with Gasteiger partial charge in [-0.05, 0) is 25.1 Å². The van der Waals surface area contributed by atoms with Crippen molar-refractivity contribution in [3.8, 4) is 0 Å². The Kier molecular flexibility index (Phi) is 6.56. The van der Waals surface area contributed by atoms with Gasteiger partial charge in [0.2, 0.25) is 0 Å². The number of sulfonamides is 1. The van der Waals surface area contributed by atoms with E-state index in [2.05, 4.69) is 5.32 Å². The number of urea groups is 1. The summed E-state index contributed by atoms with van der Waals surface area (Å²) in [6.45, 7) is 1.51. The number of aryl methyl sites for hydroxylation is 1. The maximum absolute atomic E-state index is 12.1. The molecule has 1 aromatic carbocycles. The lowest BCUT2D eigenvalue weighted by Crippen LogP contribution is -2.38. The first-order chi connectivity index (χ1) is 13.5. The van der Waals surface area contributed by atoms with Crippen LogP contribution in [-0.4, -0.2) is 42.5 Å². The van der Waals surface area contributed by atoms with Gasteiger partial charge < -0.3 is 20.8 Å². The van der Waals surface area contributed by atoms with Crippen LogP contribution in [0.5, 0.6) is 0 Å². The molecule has 1 heterocycles. The third-order valence-corrected chi connectivity index (χ3v) is 5.81. The van der Waals surface area contributed by atoms with E-state index >= 15 is 0 Å². The minimum atomic E-state index is -4.10. The average Bonchev–Trinajstić information content (AvgIpc) is 3.03. The molecule has 11 nitrogen and oxygen atoms in total. The van der Waals surface area contributed by atoms with E-state index < -0.39 is 33.9 Å². The molecule has 0 bridgehead atoms. The molecule has 0 aliphatic carbocycles. The van der Waals surface area contributed by atoms with Crippen LogP contribution >= 0.6 is 11.3 Å². The molecular formula is C16H15N3O8S2. The Balaban J connectivity index is 2.06. The van der Waals surface area contributed by atoms with E-state index in [0.29, 0.717) is 0 Å². The molecule has 13 heteroatoms. The highest BCUT2D eigenvalue weighted by molar-refractivity contribution is 7.90. The Bertz CT molecular complexity index is 1070. The first-order valence-corrected chi connectivity index (χ1v) is 10.1. The van der Waals surface area contributed by atoms with Crippen LogP contribution in [0.3, 0.4) is 0 Å². The molecule has 5 N–H and O–H groups in total. The van der Waals surface area contributed by atoms with Crippen molar-refractivity contribution in [2.75, 3.05) is 5.32 Å². The lowest BCUT2D eigenvalue weighted by molar-refractivity contribution is -0.147. The van der Waals surface area contributed by atoms with Crippen LogP contribution < -0.4 is 15.4 Å². The van der Waals surface area contributed by atoms with Crippen molar-refractivity contribution in [1.82, 2.24) is 10.0 Å². The highest BCUT2D eigenvalue weighted by Crippen LogP contribution is 2.28. The third-order valence-electron chi connectivity index (χ3n) is 3.42. The molecule has 0 atom stereocenters. The maximum Gasteiger partial charge on any atom is 0.394 e. The number of benzene rings is 1. The molecular weight excluding hydrogens is 426 g/mol. The number of hydrogen-bond donors (Lipinski definition) is 5. The third kappa shape index (κ3) is 5.76. The largest absolute Gasteiger partial charge is 0.478 e. The zero-order chi connectivity index (χ0) is 21.8. The summed E-state index contributed by atoms with van der Waals surface area (Å²) >= 11 is 0.723. The smallest absolute Gasteiger partial charge is 0.394 e. The van der Waals surface area contributed by atoms with Crippen molar-refractivity contribution >= 4 is 50.2 Å². The first-order valence-electron chi connectivity index (χ1n) is 7.77. The number of carbonyl (C=O) groups is 4. The summed E-state index contributed by atoms with van der Waals surface area (Å²) in [6, 6.07) is 5.88. The van der Waals surface area contributed by atoms with E-state index in [0.717, 1.165) is 23.0 Å². The van der Waals surface area contributed by atoms with Gasteiger partial charge in [0.1, 0.15) is 5.00 Å². The summed E-state index contributed by atoms with van der Waals surface area (Å²) < 4.78 is 26.1. The zero-order valence-corrected chi connectivity index (χ0v) is 16.4. The number of thiophene rings is 1. The molecule has 0 saturated carbocycles. The maximum atomic E-state index is 12.1. The Morgan fingerprint density at radius 3 is 2.24 bits per heavy atom. The van der Waals surface area contributed by atoms with Crippen LogP contribution in [0, 0.1) is 6.92 Å². The van der Waals surface area contributed by atoms with Crippen molar-refractivity contribution in [2.45, 2.75) is 18.4 Å². The Labute approximate surface area is 168 Å². The molecule has 0 fully saturated rings. The summed E-state index contributed by atoms with van der Waals surface area (Å²) in [7, 11) is -4.10. The van der Waals surface area contributed by atoms with Crippen molar-refractivity contribution in [1.29, 1.82) is 0 Å². The molecule has 0 aliphatic rings. The Hall–Kier alpha value is -3.45. The number of aliphatic carboxylic acids is 1. The van der Waals surface area contributed by atoms with E-state index in [1.165, 1.54) is 12.1 Å². The summed E-state index contributed by atoms with van der Waals surface area (Å²) in [4.78, 5) is 45.1. The number of hydrogen-bond acceptors (Lipinski definition) is 7. The van der Waals surface area contributed by atoms with Crippen LogP contribution in [0.1, 0.15) is 20.8 Å². The summed E-state index contributed by atoms with van der Waals surface area (Å²) in [6.07, 6.45) is 0. The second-order valence-electron chi connectivity index (χ2n) is 5.62. The Morgan fingerprint density at radius 1 is 1.07 bits per heavy atom. The van der Waals surface area contributed by atoms with Crippen LogP contribution in [0.2, 0.25) is 0 Å². The second-order valence-corrected chi connectivity index (χ2v) is 8.44. The van der Waals surface area contributed by atoms with Crippen molar-refractivity contribution in [2.24, 2.45) is 0 Å². The van der Waals surface area contributed by atoms with Gasteiger partial charge in [-0.1, -0.05) is 17.7 Å². The van der Waals surface area contributed by atoms with Crippen molar-refractivity contribution in [3.05, 3.63) is 46.3 Å². The average molecular weight is 441 g/mol. The molecule has 0 saturated heterocycles. The molecule has 1 aromatic heterocycles. The fourth-order valence-electron chi connectivity index (χ4n) is 2.04. The fraction of sp³-hybridized carbons (Fsp3) is 0.125. The molecule has 0 radical (unpaired) electrons. The monoisotopic (exact) mass is 441 g/mol. The summed E-state index contributed by atoms with van der Waals surface area (Å²) in [5.74, 6) is -4.63. The van der Waals surface area contributed by atoms with Crippen molar-refractivity contribution in [3.63, 3.8) is 0 Å². The lowest BCUT2D eigenvalue weighted by atomic mass is 10.2. The molecule has 0 unspecified atom stereocenters. The van der Waals surface area contributed by atoms with Gasteiger partial charge in [0, 0.05) is 4.88 Å². The molecule has 3 amide bonds. The normalized spacial score (nSPS) is 10.8. The predicted octanol–water partition coefficient (Wildman–Crippen LogP) is 0.966. The molecule has 154 valence electrons. The number of carboxylic acids is 2. The van der Waals surface area contributed by atoms with Gasteiger partial charge in [-0.3, -0.25) is 4.79 Å². The molecule has 2 rings (SSSR count). The summed E-state index contributed by atoms with van der Waals surface area (Å²) in [5.41, 5.74) is 0.472. The van der Waals surface area contributed by atoms with Crippen molar-refractivity contribution < 1.29 is 37.8 Å². The van der Waals surface area contributed by atoms with Gasteiger partial charge in [0.05, 0.1) is 17.0 Å². The predicted molar refractivity (Wildman–Crippen MR) is 101 cm³/mol. The minimum Gasteiger partial charge on any atom is -0.478 e. The standard InChI is InChI=1S/C16H15N3O8S2/c1-8-2-4-10(5-3-8)29(26,27)19-16(25)17-7-9-6-11(14(21)22)13(28-9)18-12(20)15(23)24/h2-6H,7H2,1H3,(H,18,20)(H,21,22)(H,23,24)(H2,17,19,25). The first kappa shape index (κ1) is 21.8. The second kappa shape index (κ2) is 8.70. The number of amides is 3. The SMILES string of the molecule is Cc1ccc(S(=O)(=O)NC(=O)NCc2cc(C(=O)O)c(NC(=O)C(=O)O)s2)cc1. The van der Waals surface area contributed by atoms with E-state index in [9.17, 15) is 27.6 Å². The number of carboxylic acid groups (broad SMARTS) is 2. The lowest BCUT2D eigenvalue weighted by Gasteiger charge is -2.08. The highest BCUT2D eigenvalue weighted by atomic mass is 32.2. The van der Waals surface area contributed by atoms with Gasteiger partial charge >= 0.3 is 23.9 Å². The topological polar surface area (TPSA) is 179 Å². The van der Waals surface area contributed by atoms with Gasteiger partial charge in [-0.25, -0.2) is 27.5 Å². The van der Waals surface area contributed by atoms with Crippen LogP contribution in [-0.2, 0) is 26.2 Å². The quantitative estimate of drug-likeness (QED) is 0.411. The molecule has 0 spiro atoms. The summed E-state index contributed by atoms with van der Waals surface area (Å²) in [5, 5.41) is 21.7. The molecule has 29 heavy (non-hydrogen) atoms. The van der Waals surface area contributed by atoms with Crippen LogP contribution in [0.4, 0.5) is 9.80 Å². The van der Waals surface area contributed by atoms with Gasteiger partial charge in [0.25, 0.3) is 10.0 Å². The number of rotatable bonds is 6. The van der Waals surface area contributed by atoms with Crippen LogP contribution in [0.15, 0.2) is 35.2 Å². The van der Waals surface area contributed by atoms with E-state index in [1.54, 1.807) is 19.1 Å². The number of aromatic carboxylic acids is 1. The number of nitrogens with one attached hydrogen (secondary N) is 3. The van der Waals surface area contributed by atoms with Crippen LogP contribution in [0.25, 0.3) is 0 Å². The zero-order valence-electron chi connectivity index (χ0n) is 14.8. The van der Waals surface area contributed by atoms with E-state index in [-0.39, 0.29) is 26.9 Å². The minimum absolute atomic E-state index is 0.110. The highest BCUT2D eigenvalue weighted by Gasteiger charge is 2.21. The molecule has 2 aromatic rings. The Morgan fingerprint density at radius 2 is 1.69 bits per heavy atom. The van der Waals surface area contributed by atoms with Gasteiger partial charge in [0.15, 0.2) is 0 Å². The van der Waals surface area contributed by atoms with Gasteiger partial charge in [-0.15, -0.1) is 11.3 Å².